The molecular formula is C17H14BrFO2. The first-order valence-electron chi connectivity index (χ1n) is 6.50. The topological polar surface area (TPSA) is 37.3 Å². The van der Waals surface area contributed by atoms with E-state index in [0.29, 0.717) is 22.0 Å². The van der Waals surface area contributed by atoms with Gasteiger partial charge in [0.2, 0.25) is 0 Å². The maximum atomic E-state index is 14.0. The van der Waals surface area contributed by atoms with Gasteiger partial charge >= 0.3 is 5.97 Å². The van der Waals surface area contributed by atoms with E-state index in [0.717, 1.165) is 11.1 Å². The summed E-state index contributed by atoms with van der Waals surface area (Å²) in [6.45, 7) is 1.89. The Hall–Kier alpha value is -1.94. The van der Waals surface area contributed by atoms with Crippen molar-refractivity contribution in [3.8, 4) is 11.1 Å². The second-order valence-electron chi connectivity index (χ2n) is 4.57. The fraction of sp³-hybridized carbons (Fsp3) is 0.118. The van der Waals surface area contributed by atoms with E-state index in [9.17, 15) is 9.18 Å². The molecule has 0 aliphatic heterocycles. The summed E-state index contributed by atoms with van der Waals surface area (Å²) < 4.78 is 14.7. The largest absolute Gasteiger partial charge is 0.478 e. The van der Waals surface area contributed by atoms with Crippen LogP contribution in [0.5, 0.6) is 0 Å². The van der Waals surface area contributed by atoms with Gasteiger partial charge in [-0.15, -0.1) is 0 Å². The van der Waals surface area contributed by atoms with Gasteiger partial charge in [-0.25, -0.2) is 9.18 Å². The van der Waals surface area contributed by atoms with Crippen LogP contribution < -0.4 is 0 Å². The Labute approximate surface area is 131 Å². The molecule has 0 atom stereocenters. The molecule has 2 aromatic rings. The number of rotatable bonds is 4. The van der Waals surface area contributed by atoms with Gasteiger partial charge in [0.1, 0.15) is 5.82 Å². The smallest absolute Gasteiger partial charge is 0.328 e. The summed E-state index contributed by atoms with van der Waals surface area (Å²) >= 11 is 3.23. The van der Waals surface area contributed by atoms with Gasteiger partial charge in [0.25, 0.3) is 0 Å². The lowest BCUT2D eigenvalue weighted by molar-refractivity contribution is -0.131. The molecule has 0 radical (unpaired) electrons. The van der Waals surface area contributed by atoms with Crippen molar-refractivity contribution in [3.63, 3.8) is 0 Å². The van der Waals surface area contributed by atoms with Crippen LogP contribution in [0.15, 0.2) is 53.0 Å². The molecule has 2 nitrogen and oxygen atoms in total. The first kappa shape index (κ1) is 15.4. The van der Waals surface area contributed by atoms with Crippen molar-refractivity contribution >= 4 is 27.5 Å². The lowest BCUT2D eigenvalue weighted by Crippen LogP contribution is -1.93. The minimum atomic E-state index is -0.980. The molecule has 0 aliphatic rings. The minimum Gasteiger partial charge on any atom is -0.478 e. The van der Waals surface area contributed by atoms with Gasteiger partial charge in [-0.05, 0) is 41.3 Å². The van der Waals surface area contributed by atoms with Crippen molar-refractivity contribution in [2.75, 3.05) is 0 Å². The van der Waals surface area contributed by atoms with Crippen molar-refractivity contribution in [1.82, 2.24) is 0 Å². The zero-order chi connectivity index (χ0) is 15.4. The summed E-state index contributed by atoms with van der Waals surface area (Å²) in [5.41, 5.74) is 2.72. The van der Waals surface area contributed by atoms with Crippen LogP contribution in [-0.4, -0.2) is 11.1 Å². The molecule has 0 saturated carbocycles. The van der Waals surface area contributed by atoms with Crippen LogP contribution in [0.25, 0.3) is 16.7 Å². The Morgan fingerprint density at radius 3 is 2.67 bits per heavy atom. The van der Waals surface area contributed by atoms with E-state index in [1.165, 1.54) is 12.1 Å². The number of carboxylic acids is 1. The average molecular weight is 349 g/mol. The van der Waals surface area contributed by atoms with E-state index in [-0.39, 0.29) is 5.82 Å². The highest BCUT2D eigenvalue weighted by atomic mass is 79.9. The monoisotopic (exact) mass is 348 g/mol. The second kappa shape index (κ2) is 6.68. The fourth-order valence-electron chi connectivity index (χ4n) is 2.15. The van der Waals surface area contributed by atoms with E-state index >= 15 is 0 Å². The van der Waals surface area contributed by atoms with Crippen LogP contribution in [-0.2, 0) is 4.79 Å². The Morgan fingerprint density at radius 2 is 2.05 bits per heavy atom. The zero-order valence-electron chi connectivity index (χ0n) is 11.4. The van der Waals surface area contributed by atoms with Crippen LogP contribution in [0.4, 0.5) is 4.39 Å². The second-order valence-corrected chi connectivity index (χ2v) is 5.48. The number of hydrogen-bond acceptors (Lipinski definition) is 1. The SMILES string of the molecule is CCC(=CC(=O)O)c1cccc(-c2ccc(Br)cc2F)c1. The van der Waals surface area contributed by atoms with Crippen molar-refractivity contribution in [3.05, 3.63) is 64.4 Å². The zero-order valence-corrected chi connectivity index (χ0v) is 13.0. The van der Waals surface area contributed by atoms with E-state index in [1.807, 2.05) is 25.1 Å². The molecular weight excluding hydrogens is 335 g/mol. The third-order valence-electron chi connectivity index (χ3n) is 3.15. The first-order valence-corrected chi connectivity index (χ1v) is 7.30. The quantitative estimate of drug-likeness (QED) is 0.777. The normalized spacial score (nSPS) is 11.5. The third-order valence-corrected chi connectivity index (χ3v) is 3.65. The van der Waals surface area contributed by atoms with Crippen LogP contribution in [0.2, 0.25) is 0 Å². The Balaban J connectivity index is 2.49. The molecule has 2 aromatic carbocycles. The van der Waals surface area contributed by atoms with Crippen molar-refractivity contribution in [2.24, 2.45) is 0 Å². The predicted octanol–water partition coefficient (Wildman–Crippen LogP) is 5.13. The van der Waals surface area contributed by atoms with Gasteiger partial charge in [0, 0.05) is 16.1 Å². The molecule has 0 heterocycles. The Bertz CT molecular complexity index is 708. The number of hydrogen-bond donors (Lipinski definition) is 1. The summed E-state index contributed by atoms with van der Waals surface area (Å²) in [5, 5.41) is 8.90. The van der Waals surface area contributed by atoms with Gasteiger partial charge < -0.3 is 5.11 Å². The van der Waals surface area contributed by atoms with Crippen molar-refractivity contribution in [2.45, 2.75) is 13.3 Å². The van der Waals surface area contributed by atoms with E-state index in [1.54, 1.807) is 18.2 Å². The lowest BCUT2D eigenvalue weighted by atomic mass is 9.97. The molecule has 0 spiro atoms. The number of carbonyl (C=O) groups is 1. The van der Waals surface area contributed by atoms with Crippen molar-refractivity contribution < 1.29 is 14.3 Å². The summed E-state index contributed by atoms with van der Waals surface area (Å²) in [7, 11) is 0. The van der Waals surface area contributed by atoms with Crippen LogP contribution >= 0.6 is 15.9 Å². The molecule has 21 heavy (non-hydrogen) atoms. The van der Waals surface area contributed by atoms with E-state index in [4.69, 9.17) is 5.11 Å². The maximum absolute atomic E-state index is 14.0. The molecule has 0 aromatic heterocycles. The summed E-state index contributed by atoms with van der Waals surface area (Å²) in [6.07, 6.45) is 1.79. The number of benzene rings is 2. The molecule has 1 N–H and O–H groups in total. The standard InChI is InChI=1S/C17H14BrFO2/c1-2-11(9-17(20)21)12-4-3-5-13(8-12)15-7-6-14(18)10-16(15)19/h3-10H,2H2,1H3,(H,20,21). The average Bonchev–Trinajstić information content (AvgIpc) is 2.44. The first-order chi connectivity index (χ1) is 10.0. The van der Waals surface area contributed by atoms with Gasteiger partial charge in [-0.1, -0.05) is 47.1 Å². The third kappa shape index (κ3) is 3.79. The number of aliphatic carboxylic acids is 1. The Kier molecular flexibility index (Phi) is 4.91. The molecule has 0 saturated heterocycles. The molecule has 108 valence electrons. The van der Waals surface area contributed by atoms with Gasteiger partial charge in [0.15, 0.2) is 0 Å². The molecule has 0 fully saturated rings. The highest BCUT2D eigenvalue weighted by Crippen LogP contribution is 2.28. The van der Waals surface area contributed by atoms with Gasteiger partial charge in [-0.2, -0.15) is 0 Å². The predicted molar refractivity (Wildman–Crippen MR) is 85.4 cm³/mol. The highest BCUT2D eigenvalue weighted by molar-refractivity contribution is 9.10. The van der Waals surface area contributed by atoms with Crippen LogP contribution in [0.1, 0.15) is 18.9 Å². The summed E-state index contributed by atoms with van der Waals surface area (Å²) in [6, 6.07) is 12.1. The molecule has 2 rings (SSSR count). The molecule has 0 bridgehead atoms. The molecule has 4 heteroatoms. The minimum absolute atomic E-state index is 0.318. The highest BCUT2D eigenvalue weighted by Gasteiger charge is 2.08. The summed E-state index contributed by atoms with van der Waals surface area (Å²) in [5.74, 6) is -1.30. The summed E-state index contributed by atoms with van der Waals surface area (Å²) in [4.78, 5) is 10.8. The van der Waals surface area contributed by atoms with Crippen molar-refractivity contribution in [1.29, 1.82) is 0 Å². The molecule has 0 aliphatic carbocycles. The lowest BCUT2D eigenvalue weighted by Gasteiger charge is -2.09. The maximum Gasteiger partial charge on any atom is 0.328 e. The van der Waals surface area contributed by atoms with E-state index in [2.05, 4.69) is 15.9 Å². The van der Waals surface area contributed by atoms with E-state index < -0.39 is 5.97 Å². The van der Waals surface area contributed by atoms with Crippen LogP contribution in [0, 0.1) is 5.82 Å². The number of allylic oxidation sites excluding steroid dienone is 1. The van der Waals surface area contributed by atoms with Gasteiger partial charge in [0.05, 0.1) is 0 Å². The number of carboxylic acid groups (broad SMARTS) is 1. The molecule has 0 amide bonds. The molecule has 0 unspecified atom stereocenters. The van der Waals surface area contributed by atoms with Crippen LogP contribution in [0.3, 0.4) is 0 Å². The van der Waals surface area contributed by atoms with Gasteiger partial charge in [-0.3, -0.25) is 0 Å². The number of halogens is 2. The fourth-order valence-corrected chi connectivity index (χ4v) is 2.48. The Morgan fingerprint density at radius 1 is 1.29 bits per heavy atom.